The van der Waals surface area contributed by atoms with Gasteiger partial charge in [0.25, 0.3) is 5.91 Å². The van der Waals surface area contributed by atoms with Crippen molar-refractivity contribution in [3.63, 3.8) is 0 Å². The number of nitrogens with zero attached hydrogens (tertiary/aromatic N) is 1. The van der Waals surface area contributed by atoms with Crippen molar-refractivity contribution in [2.24, 2.45) is 5.92 Å². The Bertz CT molecular complexity index is 901. The molecule has 2 aromatic carbocycles. The highest BCUT2D eigenvalue weighted by atomic mass is 16.6. The number of para-hydroxylation sites is 1. The average molecular weight is 424 g/mol. The fourth-order valence-corrected chi connectivity index (χ4v) is 3.66. The number of hydrogen-bond acceptors (Lipinski definition) is 4. The maximum Gasteiger partial charge on any atom is 0.409 e. The van der Waals surface area contributed by atoms with Gasteiger partial charge in [-0.2, -0.15) is 0 Å². The van der Waals surface area contributed by atoms with E-state index in [1.165, 1.54) is 0 Å². The Morgan fingerprint density at radius 2 is 1.81 bits per heavy atom. The van der Waals surface area contributed by atoms with Crippen LogP contribution in [-0.4, -0.2) is 49.0 Å². The van der Waals surface area contributed by atoms with Crippen LogP contribution in [0.15, 0.2) is 54.6 Å². The second-order valence-electron chi connectivity index (χ2n) is 7.51. The summed E-state index contributed by atoms with van der Waals surface area (Å²) in [5, 5.41) is 5.80. The average Bonchev–Trinajstić information content (AvgIpc) is 2.80. The molecule has 0 radical (unpaired) electrons. The fraction of sp³-hybridized carbons (Fsp3) is 0.375. The van der Waals surface area contributed by atoms with E-state index >= 15 is 0 Å². The first-order valence-corrected chi connectivity index (χ1v) is 10.7. The van der Waals surface area contributed by atoms with Crippen LogP contribution in [0.4, 0.5) is 10.5 Å². The SMILES string of the molecule is CCOC(=O)N1CCC[C@H](C(=O)Nc2ccccc2C(=O)NCCc2ccccc2)C1. The number of carbonyl (C=O) groups is 3. The van der Waals surface area contributed by atoms with Crippen molar-refractivity contribution in [1.82, 2.24) is 10.2 Å². The van der Waals surface area contributed by atoms with Crippen LogP contribution < -0.4 is 10.6 Å². The minimum absolute atomic E-state index is 0.196. The van der Waals surface area contributed by atoms with E-state index < -0.39 is 6.09 Å². The predicted octanol–water partition coefficient (Wildman–Crippen LogP) is 3.47. The van der Waals surface area contributed by atoms with Gasteiger partial charge in [0.15, 0.2) is 0 Å². The van der Waals surface area contributed by atoms with Gasteiger partial charge in [-0.15, -0.1) is 0 Å². The molecule has 0 spiro atoms. The molecule has 164 valence electrons. The van der Waals surface area contributed by atoms with Gasteiger partial charge < -0.3 is 20.3 Å². The summed E-state index contributed by atoms with van der Waals surface area (Å²) in [4.78, 5) is 39.1. The van der Waals surface area contributed by atoms with Crippen molar-refractivity contribution in [2.75, 3.05) is 31.6 Å². The molecule has 0 saturated carbocycles. The molecule has 2 N–H and O–H groups in total. The molecule has 31 heavy (non-hydrogen) atoms. The van der Waals surface area contributed by atoms with Crippen LogP contribution in [0.3, 0.4) is 0 Å². The molecule has 1 saturated heterocycles. The van der Waals surface area contributed by atoms with Gasteiger partial charge >= 0.3 is 6.09 Å². The fourth-order valence-electron chi connectivity index (χ4n) is 3.66. The maximum atomic E-state index is 12.8. The number of hydrogen-bond donors (Lipinski definition) is 2. The van der Waals surface area contributed by atoms with Gasteiger partial charge in [0.1, 0.15) is 0 Å². The summed E-state index contributed by atoms with van der Waals surface area (Å²) in [6, 6.07) is 16.9. The van der Waals surface area contributed by atoms with Gasteiger partial charge in [-0.05, 0) is 43.9 Å². The molecule has 3 amide bonds. The lowest BCUT2D eigenvalue weighted by Gasteiger charge is -2.31. The molecule has 1 aliphatic heterocycles. The molecular formula is C24H29N3O4. The van der Waals surface area contributed by atoms with Crippen LogP contribution >= 0.6 is 0 Å². The summed E-state index contributed by atoms with van der Waals surface area (Å²) in [5.41, 5.74) is 2.03. The van der Waals surface area contributed by atoms with Crippen LogP contribution in [0.5, 0.6) is 0 Å². The summed E-state index contributed by atoms with van der Waals surface area (Å²) < 4.78 is 5.05. The minimum Gasteiger partial charge on any atom is -0.450 e. The van der Waals surface area contributed by atoms with E-state index in [1.807, 2.05) is 30.3 Å². The van der Waals surface area contributed by atoms with Crippen molar-refractivity contribution < 1.29 is 19.1 Å². The molecule has 1 atom stereocenters. The van der Waals surface area contributed by atoms with Crippen LogP contribution in [-0.2, 0) is 16.0 Å². The first kappa shape index (κ1) is 22.3. The number of amides is 3. The van der Waals surface area contributed by atoms with Crippen molar-refractivity contribution in [3.05, 3.63) is 65.7 Å². The number of ether oxygens (including phenoxy) is 1. The zero-order valence-corrected chi connectivity index (χ0v) is 17.8. The zero-order chi connectivity index (χ0) is 22.1. The third-order valence-corrected chi connectivity index (χ3v) is 5.29. The molecule has 0 unspecified atom stereocenters. The normalized spacial score (nSPS) is 15.8. The van der Waals surface area contributed by atoms with Gasteiger partial charge in [0.05, 0.1) is 23.8 Å². The molecule has 1 heterocycles. The lowest BCUT2D eigenvalue weighted by atomic mass is 9.97. The number of nitrogens with one attached hydrogen (secondary N) is 2. The molecule has 2 aromatic rings. The lowest BCUT2D eigenvalue weighted by Crippen LogP contribution is -2.44. The second kappa shape index (κ2) is 11.2. The van der Waals surface area contributed by atoms with Crippen molar-refractivity contribution in [2.45, 2.75) is 26.2 Å². The monoisotopic (exact) mass is 423 g/mol. The van der Waals surface area contributed by atoms with Gasteiger partial charge in [-0.25, -0.2) is 4.79 Å². The second-order valence-corrected chi connectivity index (χ2v) is 7.51. The predicted molar refractivity (Wildman–Crippen MR) is 119 cm³/mol. The largest absolute Gasteiger partial charge is 0.450 e. The van der Waals surface area contributed by atoms with Crippen LogP contribution in [0.25, 0.3) is 0 Å². The first-order chi connectivity index (χ1) is 15.1. The minimum atomic E-state index is -0.391. The van der Waals surface area contributed by atoms with Crippen LogP contribution in [0.1, 0.15) is 35.7 Å². The molecule has 1 aliphatic rings. The van der Waals surface area contributed by atoms with E-state index in [2.05, 4.69) is 10.6 Å². The number of benzene rings is 2. The Morgan fingerprint density at radius 1 is 1.06 bits per heavy atom. The van der Waals surface area contributed by atoms with Crippen molar-refractivity contribution in [1.29, 1.82) is 0 Å². The third kappa shape index (κ3) is 6.31. The summed E-state index contributed by atoms with van der Waals surface area (Å²) in [5.74, 6) is -0.769. The number of anilines is 1. The lowest BCUT2D eigenvalue weighted by molar-refractivity contribution is -0.121. The number of likely N-dealkylation sites (tertiary alicyclic amines) is 1. The molecule has 1 fully saturated rings. The van der Waals surface area contributed by atoms with E-state index in [4.69, 9.17) is 4.74 Å². The summed E-state index contributed by atoms with van der Waals surface area (Å²) in [6.07, 6.45) is 1.76. The van der Waals surface area contributed by atoms with E-state index in [-0.39, 0.29) is 17.7 Å². The summed E-state index contributed by atoms with van der Waals surface area (Å²) in [6.45, 7) is 3.47. The molecule has 3 rings (SSSR count). The van der Waals surface area contributed by atoms with Crippen LogP contribution in [0, 0.1) is 5.92 Å². The topological polar surface area (TPSA) is 87.7 Å². The highest BCUT2D eigenvalue weighted by Crippen LogP contribution is 2.21. The highest BCUT2D eigenvalue weighted by Gasteiger charge is 2.29. The smallest absolute Gasteiger partial charge is 0.409 e. The third-order valence-electron chi connectivity index (χ3n) is 5.29. The quantitative estimate of drug-likeness (QED) is 0.714. The summed E-state index contributed by atoms with van der Waals surface area (Å²) in [7, 11) is 0. The molecule has 0 bridgehead atoms. The van der Waals surface area contributed by atoms with E-state index in [1.54, 1.807) is 36.1 Å². The maximum absolute atomic E-state index is 12.8. The zero-order valence-electron chi connectivity index (χ0n) is 17.8. The van der Waals surface area contributed by atoms with E-state index in [0.717, 1.165) is 18.4 Å². The van der Waals surface area contributed by atoms with E-state index in [9.17, 15) is 14.4 Å². The molecule has 0 aliphatic carbocycles. The van der Waals surface area contributed by atoms with Crippen molar-refractivity contribution in [3.8, 4) is 0 Å². The van der Waals surface area contributed by atoms with E-state index in [0.29, 0.717) is 43.9 Å². The number of piperidine rings is 1. The Kier molecular flexibility index (Phi) is 8.04. The first-order valence-electron chi connectivity index (χ1n) is 10.7. The van der Waals surface area contributed by atoms with Gasteiger partial charge in [-0.3, -0.25) is 9.59 Å². The Hall–Kier alpha value is -3.35. The summed E-state index contributed by atoms with van der Waals surface area (Å²) >= 11 is 0. The standard InChI is InChI=1S/C24H29N3O4/c1-2-31-24(30)27-16-8-11-19(17-27)22(28)26-21-13-7-6-12-20(21)23(29)25-15-14-18-9-4-3-5-10-18/h3-7,9-10,12-13,19H,2,8,11,14-17H2,1H3,(H,25,29)(H,26,28)/t19-/m0/s1. The molecule has 7 heteroatoms. The van der Waals surface area contributed by atoms with Crippen molar-refractivity contribution >= 4 is 23.6 Å². The van der Waals surface area contributed by atoms with Gasteiger partial charge in [0.2, 0.25) is 5.91 Å². The van der Waals surface area contributed by atoms with Gasteiger partial charge in [0, 0.05) is 19.6 Å². The Labute approximate surface area is 182 Å². The highest BCUT2D eigenvalue weighted by molar-refractivity contribution is 6.04. The number of carbonyl (C=O) groups excluding carboxylic acids is 3. The Balaban J connectivity index is 1.58. The molecular weight excluding hydrogens is 394 g/mol. The molecule has 7 nitrogen and oxygen atoms in total. The van der Waals surface area contributed by atoms with Gasteiger partial charge in [-0.1, -0.05) is 42.5 Å². The number of rotatable bonds is 7. The molecule has 0 aromatic heterocycles. The Morgan fingerprint density at radius 3 is 2.58 bits per heavy atom. The van der Waals surface area contributed by atoms with Crippen LogP contribution in [0.2, 0.25) is 0 Å².